The van der Waals surface area contributed by atoms with Crippen LogP contribution in [0, 0.1) is 0 Å². The summed E-state index contributed by atoms with van der Waals surface area (Å²) in [6, 6.07) is 11.6. The summed E-state index contributed by atoms with van der Waals surface area (Å²) in [7, 11) is 1.65. The molecule has 1 aliphatic heterocycles. The third-order valence-corrected chi connectivity index (χ3v) is 4.98. The molecule has 4 rings (SSSR count). The lowest BCUT2D eigenvalue weighted by Gasteiger charge is -2.26. The maximum absolute atomic E-state index is 12.7. The summed E-state index contributed by atoms with van der Waals surface area (Å²) in [6.45, 7) is 1.58. The van der Waals surface area contributed by atoms with Crippen molar-refractivity contribution in [1.82, 2.24) is 9.55 Å². The Balaban J connectivity index is 1.71. The predicted molar refractivity (Wildman–Crippen MR) is 94.8 cm³/mol. The first kappa shape index (κ1) is 15.0. The van der Waals surface area contributed by atoms with Gasteiger partial charge in [0.25, 0.3) is 5.91 Å². The highest BCUT2D eigenvalue weighted by Gasteiger charge is 2.26. The van der Waals surface area contributed by atoms with Crippen molar-refractivity contribution in [2.75, 3.05) is 18.6 Å². The maximum atomic E-state index is 12.7. The first-order chi connectivity index (χ1) is 11.8. The summed E-state index contributed by atoms with van der Waals surface area (Å²) in [5.74, 6) is 1.54. The Labute approximate surface area is 144 Å². The van der Waals surface area contributed by atoms with Gasteiger partial charge in [-0.05, 0) is 30.0 Å². The zero-order valence-electron chi connectivity index (χ0n) is 13.3. The highest BCUT2D eigenvalue weighted by atomic mass is 32.1. The summed E-state index contributed by atoms with van der Waals surface area (Å²) in [4.78, 5) is 20.0. The molecule has 24 heavy (non-hydrogen) atoms. The quantitative estimate of drug-likeness (QED) is 0.731. The monoisotopic (exact) mass is 339 g/mol. The van der Waals surface area contributed by atoms with Crippen molar-refractivity contribution in [3.8, 4) is 17.0 Å². The molecule has 5 nitrogen and oxygen atoms in total. The van der Waals surface area contributed by atoms with Crippen molar-refractivity contribution in [3.63, 3.8) is 0 Å². The first-order valence-electron chi connectivity index (χ1n) is 7.83. The molecule has 0 atom stereocenters. The number of ether oxygens (including phenoxy) is 1. The molecule has 3 heterocycles. The van der Waals surface area contributed by atoms with Crippen LogP contribution in [0.15, 0.2) is 48.0 Å². The molecule has 0 saturated carbocycles. The molecule has 0 saturated heterocycles. The van der Waals surface area contributed by atoms with Gasteiger partial charge >= 0.3 is 0 Å². The fourth-order valence-electron chi connectivity index (χ4n) is 2.93. The van der Waals surface area contributed by atoms with Gasteiger partial charge in [-0.25, -0.2) is 4.98 Å². The molecule has 0 spiro atoms. The molecule has 2 aromatic heterocycles. The van der Waals surface area contributed by atoms with E-state index in [1.54, 1.807) is 12.0 Å². The highest BCUT2D eigenvalue weighted by Crippen LogP contribution is 2.29. The zero-order chi connectivity index (χ0) is 16.5. The van der Waals surface area contributed by atoms with E-state index in [1.807, 2.05) is 48.0 Å². The summed E-state index contributed by atoms with van der Waals surface area (Å²) >= 11 is 1.46. The first-order valence-corrected chi connectivity index (χ1v) is 8.71. The molecule has 0 unspecified atom stereocenters. The van der Waals surface area contributed by atoms with Crippen molar-refractivity contribution >= 4 is 23.2 Å². The lowest BCUT2D eigenvalue weighted by Crippen LogP contribution is -2.37. The summed E-state index contributed by atoms with van der Waals surface area (Å²) in [5, 5.41) is 1.92. The fourth-order valence-corrected chi connectivity index (χ4v) is 3.60. The van der Waals surface area contributed by atoms with E-state index in [-0.39, 0.29) is 5.91 Å². The Morgan fingerprint density at radius 2 is 2.17 bits per heavy atom. The lowest BCUT2D eigenvalue weighted by molar-refractivity contribution is 0.0985. The molecular formula is C18H17N3O2S. The normalized spacial score (nSPS) is 13.6. The topological polar surface area (TPSA) is 47.4 Å². The second-order valence-electron chi connectivity index (χ2n) is 5.64. The number of thiophene rings is 1. The highest BCUT2D eigenvalue weighted by molar-refractivity contribution is 7.12. The fraction of sp³-hybridized carbons (Fsp3) is 0.222. The van der Waals surface area contributed by atoms with E-state index in [0.717, 1.165) is 40.8 Å². The van der Waals surface area contributed by atoms with Crippen molar-refractivity contribution in [2.24, 2.45) is 0 Å². The number of aryl methyl sites for hydroxylation is 1. The molecule has 0 fully saturated rings. The van der Waals surface area contributed by atoms with Gasteiger partial charge in [0.15, 0.2) is 0 Å². The molecule has 0 bridgehead atoms. The Bertz CT molecular complexity index is 870. The molecular weight excluding hydrogens is 322 g/mol. The summed E-state index contributed by atoms with van der Waals surface area (Å²) in [6.07, 6.45) is 2.94. The van der Waals surface area contributed by atoms with Crippen LogP contribution in [0.5, 0.6) is 5.75 Å². The maximum Gasteiger partial charge on any atom is 0.270 e. The molecule has 1 aromatic carbocycles. The van der Waals surface area contributed by atoms with Crippen molar-refractivity contribution < 1.29 is 9.53 Å². The zero-order valence-corrected chi connectivity index (χ0v) is 14.1. The van der Waals surface area contributed by atoms with Gasteiger partial charge < -0.3 is 9.30 Å². The second kappa shape index (κ2) is 6.13. The number of benzene rings is 1. The van der Waals surface area contributed by atoms with E-state index in [4.69, 9.17) is 9.72 Å². The van der Waals surface area contributed by atoms with E-state index in [0.29, 0.717) is 6.54 Å². The van der Waals surface area contributed by atoms with Gasteiger partial charge in [0.2, 0.25) is 5.95 Å². The molecule has 6 heteroatoms. The van der Waals surface area contributed by atoms with Crippen LogP contribution in [-0.2, 0) is 6.54 Å². The van der Waals surface area contributed by atoms with Gasteiger partial charge in [-0.2, -0.15) is 0 Å². The van der Waals surface area contributed by atoms with Crippen LogP contribution in [0.1, 0.15) is 16.1 Å². The van der Waals surface area contributed by atoms with Gasteiger partial charge in [0.1, 0.15) is 5.75 Å². The number of anilines is 1. The average molecular weight is 339 g/mol. The van der Waals surface area contributed by atoms with E-state index < -0.39 is 0 Å². The van der Waals surface area contributed by atoms with Gasteiger partial charge in [0, 0.05) is 24.8 Å². The minimum atomic E-state index is 0.0220. The number of carbonyl (C=O) groups excluding carboxylic acids is 1. The summed E-state index contributed by atoms with van der Waals surface area (Å²) < 4.78 is 7.35. The van der Waals surface area contributed by atoms with Crippen molar-refractivity contribution in [3.05, 3.63) is 52.9 Å². The smallest absolute Gasteiger partial charge is 0.270 e. The number of fused-ring (bicyclic) bond motifs is 1. The summed E-state index contributed by atoms with van der Waals surface area (Å²) in [5.41, 5.74) is 1.84. The molecule has 1 amide bonds. The molecule has 0 aliphatic carbocycles. The van der Waals surface area contributed by atoms with Crippen LogP contribution in [-0.4, -0.2) is 29.1 Å². The standard InChI is InChI=1S/C18H17N3O2S/c1-23-14-6-2-5-13(11-14)15-12-20-8-4-9-21(18(20)19-15)17(22)16-7-3-10-24-16/h2-3,5-7,10-12H,4,8-9H2,1H3. The average Bonchev–Trinajstić information content (AvgIpc) is 3.30. The third-order valence-electron chi connectivity index (χ3n) is 4.12. The van der Waals surface area contributed by atoms with Crippen molar-refractivity contribution in [1.29, 1.82) is 0 Å². The number of hydrogen-bond acceptors (Lipinski definition) is 4. The van der Waals surface area contributed by atoms with Crippen LogP contribution in [0.3, 0.4) is 0 Å². The number of methoxy groups -OCH3 is 1. The molecule has 0 N–H and O–H groups in total. The van der Waals surface area contributed by atoms with Gasteiger partial charge in [-0.3, -0.25) is 9.69 Å². The Hall–Kier alpha value is -2.60. The molecule has 0 radical (unpaired) electrons. The predicted octanol–water partition coefficient (Wildman–Crippen LogP) is 3.67. The Morgan fingerprint density at radius 3 is 2.96 bits per heavy atom. The van der Waals surface area contributed by atoms with Crippen LogP contribution in [0.25, 0.3) is 11.3 Å². The van der Waals surface area contributed by atoms with E-state index in [2.05, 4.69) is 4.57 Å². The number of nitrogens with zero attached hydrogens (tertiary/aromatic N) is 3. The van der Waals surface area contributed by atoms with Crippen LogP contribution in [0.4, 0.5) is 5.95 Å². The minimum absolute atomic E-state index is 0.0220. The van der Waals surface area contributed by atoms with Crippen LogP contribution >= 0.6 is 11.3 Å². The van der Waals surface area contributed by atoms with Crippen molar-refractivity contribution in [2.45, 2.75) is 13.0 Å². The number of hydrogen-bond donors (Lipinski definition) is 0. The van der Waals surface area contributed by atoms with E-state index >= 15 is 0 Å². The number of aromatic nitrogens is 2. The Morgan fingerprint density at radius 1 is 1.25 bits per heavy atom. The SMILES string of the molecule is COc1cccc(-c2cn3c(n2)N(C(=O)c2cccs2)CCC3)c1. The van der Waals surface area contributed by atoms with Crippen LogP contribution in [0.2, 0.25) is 0 Å². The Kier molecular flexibility index (Phi) is 3.82. The molecule has 122 valence electrons. The molecule has 3 aromatic rings. The van der Waals surface area contributed by atoms with E-state index in [9.17, 15) is 4.79 Å². The number of imidazole rings is 1. The third kappa shape index (κ3) is 2.59. The van der Waals surface area contributed by atoms with Gasteiger partial charge in [-0.1, -0.05) is 18.2 Å². The van der Waals surface area contributed by atoms with E-state index in [1.165, 1.54) is 11.3 Å². The minimum Gasteiger partial charge on any atom is -0.497 e. The number of amides is 1. The second-order valence-corrected chi connectivity index (χ2v) is 6.59. The molecule has 1 aliphatic rings. The largest absolute Gasteiger partial charge is 0.497 e. The van der Waals surface area contributed by atoms with Gasteiger partial charge in [-0.15, -0.1) is 11.3 Å². The number of carbonyl (C=O) groups is 1. The number of rotatable bonds is 3. The van der Waals surface area contributed by atoms with Gasteiger partial charge in [0.05, 0.1) is 17.7 Å². The lowest BCUT2D eigenvalue weighted by atomic mass is 10.1. The van der Waals surface area contributed by atoms with Crippen LogP contribution < -0.4 is 9.64 Å².